The Morgan fingerprint density at radius 1 is 1.04 bits per heavy atom. The molecule has 2 aromatic rings. The molecule has 4 nitrogen and oxygen atoms in total. The fraction of sp³-hybridized carbons (Fsp3) is 0.364. The summed E-state index contributed by atoms with van der Waals surface area (Å²) >= 11 is 0. The number of nitrogens with one attached hydrogen (secondary N) is 1. The van der Waals surface area contributed by atoms with Crippen LogP contribution in [0.5, 0.6) is 0 Å². The zero-order valence-corrected chi connectivity index (χ0v) is 16.0. The number of benzene rings is 2. The van der Waals surface area contributed by atoms with E-state index in [0.717, 1.165) is 5.56 Å². The van der Waals surface area contributed by atoms with Crippen molar-refractivity contribution in [1.29, 1.82) is 0 Å². The molecule has 2 aromatic carbocycles. The van der Waals surface area contributed by atoms with Gasteiger partial charge >= 0.3 is 0 Å². The van der Waals surface area contributed by atoms with Gasteiger partial charge in [-0.15, -0.1) is 0 Å². The maximum Gasteiger partial charge on any atom is 0.242 e. The SMILES string of the molecule is CCNC(=O)[C@@H](CC)N(CCc1ccccc1)C(=O)Cc1ccccc1F. The largest absolute Gasteiger partial charge is 0.355 e. The Morgan fingerprint density at radius 3 is 2.33 bits per heavy atom. The van der Waals surface area contributed by atoms with Crippen LogP contribution >= 0.6 is 0 Å². The van der Waals surface area contributed by atoms with Crippen molar-refractivity contribution in [1.82, 2.24) is 10.2 Å². The first-order valence-electron chi connectivity index (χ1n) is 9.41. The summed E-state index contributed by atoms with van der Waals surface area (Å²) in [6, 6.07) is 15.5. The Labute approximate surface area is 160 Å². The molecule has 0 unspecified atom stereocenters. The van der Waals surface area contributed by atoms with Crippen LogP contribution in [0.15, 0.2) is 54.6 Å². The fourth-order valence-electron chi connectivity index (χ4n) is 3.09. The number of carbonyl (C=O) groups excluding carboxylic acids is 2. The van der Waals surface area contributed by atoms with Gasteiger partial charge in [-0.1, -0.05) is 55.5 Å². The molecule has 0 fully saturated rings. The average Bonchev–Trinajstić information content (AvgIpc) is 2.67. The third kappa shape index (κ3) is 5.91. The van der Waals surface area contributed by atoms with E-state index < -0.39 is 11.9 Å². The Hall–Kier alpha value is -2.69. The Bertz CT molecular complexity index is 749. The minimum absolute atomic E-state index is 0.0582. The highest BCUT2D eigenvalue weighted by atomic mass is 19.1. The van der Waals surface area contributed by atoms with Crippen LogP contribution in [0, 0.1) is 5.82 Å². The molecular formula is C22H27FN2O2. The number of rotatable bonds is 9. The molecule has 27 heavy (non-hydrogen) atoms. The molecule has 5 heteroatoms. The quantitative estimate of drug-likeness (QED) is 0.736. The van der Waals surface area contributed by atoms with E-state index in [0.29, 0.717) is 31.5 Å². The Balaban J connectivity index is 2.20. The van der Waals surface area contributed by atoms with Crippen LogP contribution in [0.1, 0.15) is 31.4 Å². The number of amides is 2. The van der Waals surface area contributed by atoms with Crippen molar-refractivity contribution in [2.45, 2.75) is 39.2 Å². The van der Waals surface area contributed by atoms with E-state index in [-0.39, 0.29) is 18.2 Å². The molecule has 0 aliphatic carbocycles. The van der Waals surface area contributed by atoms with Crippen LogP contribution in [0.4, 0.5) is 4.39 Å². The number of halogens is 1. The molecule has 1 N–H and O–H groups in total. The van der Waals surface area contributed by atoms with Crippen LogP contribution in [0.2, 0.25) is 0 Å². The number of hydrogen-bond donors (Lipinski definition) is 1. The standard InChI is InChI=1S/C22H27FN2O2/c1-3-20(22(27)24-4-2)25(15-14-17-10-6-5-7-11-17)21(26)16-18-12-8-9-13-19(18)23/h5-13,20H,3-4,14-16H2,1-2H3,(H,24,27)/t20-/m1/s1. The lowest BCUT2D eigenvalue weighted by molar-refractivity contribution is -0.140. The van der Waals surface area contributed by atoms with Gasteiger partial charge < -0.3 is 10.2 Å². The van der Waals surface area contributed by atoms with E-state index in [9.17, 15) is 14.0 Å². The monoisotopic (exact) mass is 370 g/mol. The minimum Gasteiger partial charge on any atom is -0.355 e. The lowest BCUT2D eigenvalue weighted by Gasteiger charge is -2.30. The summed E-state index contributed by atoms with van der Waals surface area (Å²) in [5.74, 6) is -0.816. The van der Waals surface area contributed by atoms with Crippen molar-refractivity contribution >= 4 is 11.8 Å². The van der Waals surface area contributed by atoms with Gasteiger partial charge in [0.05, 0.1) is 6.42 Å². The number of likely N-dealkylation sites (N-methyl/N-ethyl adjacent to an activating group) is 1. The topological polar surface area (TPSA) is 49.4 Å². The smallest absolute Gasteiger partial charge is 0.242 e. The minimum atomic E-state index is -0.562. The van der Waals surface area contributed by atoms with Crippen molar-refractivity contribution in [3.05, 3.63) is 71.5 Å². The molecule has 0 radical (unpaired) electrons. The average molecular weight is 370 g/mol. The fourth-order valence-corrected chi connectivity index (χ4v) is 3.09. The lowest BCUT2D eigenvalue weighted by atomic mass is 10.1. The summed E-state index contributed by atoms with van der Waals surface area (Å²) < 4.78 is 14.0. The van der Waals surface area contributed by atoms with Gasteiger partial charge in [-0.3, -0.25) is 9.59 Å². The first-order valence-corrected chi connectivity index (χ1v) is 9.41. The van der Waals surface area contributed by atoms with Crippen molar-refractivity contribution in [2.24, 2.45) is 0 Å². The van der Waals surface area contributed by atoms with Crippen LogP contribution in [0.25, 0.3) is 0 Å². The number of carbonyl (C=O) groups is 2. The van der Waals surface area contributed by atoms with Crippen LogP contribution < -0.4 is 5.32 Å². The van der Waals surface area contributed by atoms with E-state index in [4.69, 9.17) is 0 Å². The van der Waals surface area contributed by atoms with Gasteiger partial charge in [0.25, 0.3) is 0 Å². The molecule has 2 rings (SSSR count). The number of hydrogen-bond acceptors (Lipinski definition) is 2. The van der Waals surface area contributed by atoms with Crippen LogP contribution in [-0.2, 0) is 22.4 Å². The second-order valence-electron chi connectivity index (χ2n) is 6.41. The van der Waals surface area contributed by atoms with Crippen LogP contribution in [-0.4, -0.2) is 35.8 Å². The van der Waals surface area contributed by atoms with Crippen molar-refractivity contribution in [3.8, 4) is 0 Å². The predicted octanol–water partition coefficient (Wildman–Crippen LogP) is 3.35. The highest BCUT2D eigenvalue weighted by Crippen LogP contribution is 2.14. The summed E-state index contributed by atoms with van der Waals surface area (Å²) in [6.45, 7) is 4.64. The summed E-state index contributed by atoms with van der Waals surface area (Å²) in [4.78, 5) is 27.0. The second-order valence-corrected chi connectivity index (χ2v) is 6.41. The lowest BCUT2D eigenvalue weighted by Crippen LogP contribution is -2.50. The van der Waals surface area contributed by atoms with Crippen LogP contribution in [0.3, 0.4) is 0 Å². The van der Waals surface area contributed by atoms with E-state index in [2.05, 4.69) is 5.32 Å². The van der Waals surface area contributed by atoms with Crippen molar-refractivity contribution in [2.75, 3.05) is 13.1 Å². The molecule has 0 aliphatic heterocycles. The maximum absolute atomic E-state index is 14.0. The third-order valence-corrected chi connectivity index (χ3v) is 4.52. The number of nitrogens with zero attached hydrogens (tertiary/aromatic N) is 1. The summed E-state index contributed by atoms with van der Waals surface area (Å²) in [7, 11) is 0. The summed E-state index contributed by atoms with van der Waals surface area (Å²) in [6.07, 6.45) is 1.08. The first kappa shape index (κ1) is 20.6. The predicted molar refractivity (Wildman–Crippen MR) is 105 cm³/mol. The molecule has 1 atom stereocenters. The zero-order chi connectivity index (χ0) is 19.6. The molecule has 0 saturated carbocycles. The van der Waals surface area contributed by atoms with Crippen molar-refractivity contribution < 1.29 is 14.0 Å². The molecule has 0 bridgehead atoms. The maximum atomic E-state index is 14.0. The molecular weight excluding hydrogens is 343 g/mol. The van der Waals surface area contributed by atoms with Gasteiger partial charge in [0.1, 0.15) is 11.9 Å². The molecule has 0 aliphatic rings. The molecule has 0 spiro atoms. The van der Waals surface area contributed by atoms with Gasteiger partial charge in [-0.05, 0) is 37.0 Å². The molecule has 144 valence electrons. The first-order chi connectivity index (χ1) is 13.1. The summed E-state index contributed by atoms with van der Waals surface area (Å²) in [5.41, 5.74) is 1.44. The molecule has 0 saturated heterocycles. The van der Waals surface area contributed by atoms with E-state index in [1.54, 1.807) is 23.1 Å². The molecule has 0 heterocycles. The highest BCUT2D eigenvalue weighted by molar-refractivity contribution is 5.88. The van der Waals surface area contributed by atoms with Gasteiger partial charge in [0.2, 0.25) is 11.8 Å². The highest BCUT2D eigenvalue weighted by Gasteiger charge is 2.28. The van der Waals surface area contributed by atoms with Gasteiger partial charge in [0.15, 0.2) is 0 Å². The Kier molecular flexibility index (Phi) is 7.99. The van der Waals surface area contributed by atoms with E-state index in [1.807, 2.05) is 44.2 Å². The van der Waals surface area contributed by atoms with Crippen molar-refractivity contribution in [3.63, 3.8) is 0 Å². The normalized spacial score (nSPS) is 11.7. The van der Waals surface area contributed by atoms with E-state index in [1.165, 1.54) is 6.07 Å². The third-order valence-electron chi connectivity index (χ3n) is 4.52. The van der Waals surface area contributed by atoms with Gasteiger partial charge in [0, 0.05) is 13.1 Å². The second kappa shape index (κ2) is 10.5. The van der Waals surface area contributed by atoms with E-state index >= 15 is 0 Å². The van der Waals surface area contributed by atoms with Gasteiger partial charge in [-0.2, -0.15) is 0 Å². The zero-order valence-electron chi connectivity index (χ0n) is 16.0. The summed E-state index contributed by atoms with van der Waals surface area (Å²) in [5, 5.41) is 2.80. The molecule has 0 aromatic heterocycles. The van der Waals surface area contributed by atoms with Gasteiger partial charge in [-0.25, -0.2) is 4.39 Å². The Morgan fingerprint density at radius 2 is 1.70 bits per heavy atom. The molecule has 2 amide bonds.